The second-order valence-corrected chi connectivity index (χ2v) is 4.47. The molecule has 2 unspecified atom stereocenters. The van der Waals surface area contributed by atoms with Crippen molar-refractivity contribution in [3.63, 3.8) is 0 Å². The van der Waals surface area contributed by atoms with Crippen molar-refractivity contribution < 1.29 is 14.5 Å². The molecule has 0 aromatic heterocycles. The molecule has 1 aromatic rings. The lowest BCUT2D eigenvalue weighted by Crippen LogP contribution is -2.39. The zero-order valence-electron chi connectivity index (χ0n) is 10.5. The molecular formula is C12H15N3O4. The van der Waals surface area contributed by atoms with E-state index in [0.29, 0.717) is 6.61 Å². The second kappa shape index (κ2) is 5.23. The van der Waals surface area contributed by atoms with Crippen molar-refractivity contribution in [1.82, 2.24) is 5.32 Å². The standard InChI is InChI=1S/C12H15N3O4/c1-7-11(4-5-19-7)14-12(16)9-6-8(15(17)18)2-3-10(9)13/h2-3,6-7,11H,4-5,13H2,1H3,(H,14,16). The van der Waals surface area contributed by atoms with Gasteiger partial charge in [0.25, 0.3) is 11.6 Å². The van der Waals surface area contributed by atoms with Crippen LogP contribution in [-0.4, -0.2) is 29.6 Å². The Morgan fingerprint density at radius 1 is 1.58 bits per heavy atom. The summed E-state index contributed by atoms with van der Waals surface area (Å²) in [5.41, 5.74) is 5.86. The number of ether oxygens (including phenoxy) is 1. The number of anilines is 1. The number of hydrogen-bond donors (Lipinski definition) is 2. The van der Waals surface area contributed by atoms with Crippen molar-refractivity contribution in [2.45, 2.75) is 25.5 Å². The van der Waals surface area contributed by atoms with Crippen LogP contribution >= 0.6 is 0 Å². The van der Waals surface area contributed by atoms with Crippen LogP contribution in [0.4, 0.5) is 11.4 Å². The molecule has 102 valence electrons. The van der Waals surface area contributed by atoms with Gasteiger partial charge in [0, 0.05) is 24.4 Å². The number of nitrogens with two attached hydrogens (primary N) is 1. The van der Waals surface area contributed by atoms with Gasteiger partial charge in [0.05, 0.1) is 22.6 Å². The molecule has 0 spiro atoms. The molecule has 3 N–H and O–H groups in total. The molecule has 2 atom stereocenters. The molecule has 1 aromatic carbocycles. The largest absolute Gasteiger partial charge is 0.398 e. The van der Waals surface area contributed by atoms with Crippen LogP contribution in [0.15, 0.2) is 18.2 Å². The summed E-state index contributed by atoms with van der Waals surface area (Å²) in [7, 11) is 0. The van der Waals surface area contributed by atoms with Gasteiger partial charge in [-0.2, -0.15) is 0 Å². The molecule has 0 bridgehead atoms. The van der Waals surface area contributed by atoms with Crippen LogP contribution in [0, 0.1) is 10.1 Å². The van der Waals surface area contributed by atoms with E-state index in [4.69, 9.17) is 10.5 Å². The Morgan fingerprint density at radius 2 is 2.32 bits per heavy atom. The molecule has 1 aliphatic rings. The topological polar surface area (TPSA) is 107 Å². The first-order valence-electron chi connectivity index (χ1n) is 5.95. The van der Waals surface area contributed by atoms with E-state index in [1.165, 1.54) is 18.2 Å². The number of non-ortho nitro benzene ring substituents is 1. The summed E-state index contributed by atoms with van der Waals surface area (Å²) in [4.78, 5) is 22.2. The quantitative estimate of drug-likeness (QED) is 0.483. The number of carbonyl (C=O) groups is 1. The Morgan fingerprint density at radius 3 is 2.89 bits per heavy atom. The Bertz CT molecular complexity index is 518. The van der Waals surface area contributed by atoms with Crippen LogP contribution in [0.2, 0.25) is 0 Å². The summed E-state index contributed by atoms with van der Waals surface area (Å²) < 4.78 is 5.34. The van der Waals surface area contributed by atoms with Crippen molar-refractivity contribution in [3.8, 4) is 0 Å². The van der Waals surface area contributed by atoms with E-state index in [1.54, 1.807) is 0 Å². The maximum Gasteiger partial charge on any atom is 0.270 e. The van der Waals surface area contributed by atoms with Gasteiger partial charge in [-0.25, -0.2) is 0 Å². The minimum absolute atomic E-state index is 0.0659. The lowest BCUT2D eigenvalue weighted by molar-refractivity contribution is -0.384. The number of nitro groups is 1. The number of nitrogens with zero attached hydrogens (tertiary/aromatic N) is 1. The van der Waals surface area contributed by atoms with Gasteiger partial charge in [-0.05, 0) is 19.4 Å². The van der Waals surface area contributed by atoms with Gasteiger partial charge in [0.2, 0.25) is 0 Å². The van der Waals surface area contributed by atoms with Crippen molar-refractivity contribution in [3.05, 3.63) is 33.9 Å². The highest BCUT2D eigenvalue weighted by Gasteiger charge is 2.27. The average Bonchev–Trinajstić information content (AvgIpc) is 2.75. The third kappa shape index (κ3) is 2.82. The fourth-order valence-electron chi connectivity index (χ4n) is 2.02. The number of carbonyl (C=O) groups excluding carboxylic acids is 1. The highest BCUT2D eigenvalue weighted by Crippen LogP contribution is 2.21. The SMILES string of the molecule is CC1OCCC1NC(=O)c1cc([N+](=O)[O-])ccc1N. The summed E-state index contributed by atoms with van der Waals surface area (Å²) in [5, 5.41) is 13.5. The van der Waals surface area contributed by atoms with Gasteiger partial charge in [-0.3, -0.25) is 14.9 Å². The van der Waals surface area contributed by atoms with Crippen LogP contribution in [0.5, 0.6) is 0 Å². The van der Waals surface area contributed by atoms with Crippen LogP contribution in [0.1, 0.15) is 23.7 Å². The Kier molecular flexibility index (Phi) is 3.66. The summed E-state index contributed by atoms with van der Waals surface area (Å²) in [5.74, 6) is -0.413. The number of nitrogen functional groups attached to an aromatic ring is 1. The van der Waals surface area contributed by atoms with Crippen LogP contribution in [0.25, 0.3) is 0 Å². The fraction of sp³-hybridized carbons (Fsp3) is 0.417. The molecule has 2 rings (SSSR count). The van der Waals surface area contributed by atoms with Gasteiger partial charge < -0.3 is 15.8 Å². The first-order valence-corrected chi connectivity index (χ1v) is 5.95. The molecule has 7 heteroatoms. The van der Waals surface area contributed by atoms with Crippen LogP contribution in [-0.2, 0) is 4.74 Å². The predicted octanol–water partition coefficient (Wildman–Crippen LogP) is 1.08. The van der Waals surface area contributed by atoms with Gasteiger partial charge in [0.15, 0.2) is 0 Å². The lowest BCUT2D eigenvalue weighted by Gasteiger charge is -2.16. The van der Waals surface area contributed by atoms with Crippen molar-refractivity contribution >= 4 is 17.3 Å². The van der Waals surface area contributed by atoms with E-state index < -0.39 is 10.8 Å². The number of nitrogens with one attached hydrogen (secondary N) is 1. The second-order valence-electron chi connectivity index (χ2n) is 4.47. The van der Waals surface area contributed by atoms with Crippen molar-refractivity contribution in [2.75, 3.05) is 12.3 Å². The van der Waals surface area contributed by atoms with E-state index in [0.717, 1.165) is 6.42 Å². The Hall–Kier alpha value is -2.15. The van der Waals surface area contributed by atoms with Gasteiger partial charge >= 0.3 is 0 Å². The molecule has 0 radical (unpaired) electrons. The number of hydrogen-bond acceptors (Lipinski definition) is 5. The molecule has 1 heterocycles. The van der Waals surface area contributed by atoms with E-state index in [-0.39, 0.29) is 29.1 Å². The van der Waals surface area contributed by atoms with Crippen LogP contribution in [0.3, 0.4) is 0 Å². The van der Waals surface area contributed by atoms with Gasteiger partial charge in [-0.1, -0.05) is 0 Å². The van der Waals surface area contributed by atoms with E-state index in [1.807, 2.05) is 6.92 Å². The zero-order valence-corrected chi connectivity index (χ0v) is 10.5. The number of nitro benzene ring substituents is 1. The number of benzene rings is 1. The molecule has 0 saturated carbocycles. The number of amides is 1. The zero-order chi connectivity index (χ0) is 14.0. The first-order chi connectivity index (χ1) is 8.99. The molecule has 19 heavy (non-hydrogen) atoms. The van der Waals surface area contributed by atoms with Crippen molar-refractivity contribution in [2.24, 2.45) is 0 Å². The molecule has 1 fully saturated rings. The van der Waals surface area contributed by atoms with Crippen molar-refractivity contribution in [1.29, 1.82) is 0 Å². The average molecular weight is 265 g/mol. The molecule has 1 amide bonds. The molecule has 0 aliphatic carbocycles. The van der Waals surface area contributed by atoms with Gasteiger partial charge in [0.1, 0.15) is 0 Å². The first kappa shape index (κ1) is 13.3. The molecule has 1 aliphatic heterocycles. The monoisotopic (exact) mass is 265 g/mol. The summed E-state index contributed by atoms with van der Waals surface area (Å²) >= 11 is 0. The minimum Gasteiger partial charge on any atom is -0.398 e. The maximum atomic E-state index is 12.1. The normalized spacial score (nSPS) is 22.2. The third-order valence-corrected chi connectivity index (χ3v) is 3.19. The molecule has 7 nitrogen and oxygen atoms in total. The summed E-state index contributed by atoms with van der Waals surface area (Å²) in [6, 6.07) is 3.73. The summed E-state index contributed by atoms with van der Waals surface area (Å²) in [6.45, 7) is 2.46. The van der Waals surface area contributed by atoms with E-state index in [2.05, 4.69) is 5.32 Å². The lowest BCUT2D eigenvalue weighted by atomic mass is 10.1. The fourth-order valence-corrected chi connectivity index (χ4v) is 2.02. The predicted molar refractivity (Wildman–Crippen MR) is 68.8 cm³/mol. The highest BCUT2D eigenvalue weighted by atomic mass is 16.6. The molecule has 1 saturated heterocycles. The van der Waals surface area contributed by atoms with Gasteiger partial charge in [-0.15, -0.1) is 0 Å². The minimum atomic E-state index is -0.558. The smallest absolute Gasteiger partial charge is 0.270 e. The maximum absolute atomic E-state index is 12.1. The third-order valence-electron chi connectivity index (χ3n) is 3.19. The van der Waals surface area contributed by atoms with E-state index >= 15 is 0 Å². The highest BCUT2D eigenvalue weighted by molar-refractivity contribution is 6.00. The Balaban J connectivity index is 2.18. The summed E-state index contributed by atoms with van der Waals surface area (Å²) in [6.07, 6.45) is 0.658. The van der Waals surface area contributed by atoms with E-state index in [9.17, 15) is 14.9 Å². The number of rotatable bonds is 3. The Labute approximate surface area is 109 Å². The van der Waals surface area contributed by atoms with Crippen LogP contribution < -0.4 is 11.1 Å². The molecular weight excluding hydrogens is 250 g/mol.